The molecule has 98 valence electrons. The molecule has 4 rings (SSSR count). The fraction of sp³-hybridized carbons (Fsp3) is 1.00. The van der Waals surface area contributed by atoms with Crippen molar-refractivity contribution in [1.29, 1.82) is 0 Å². The highest BCUT2D eigenvalue weighted by Gasteiger charge is 2.68. The SMILES string of the molecule is C[C@H]1CCC[C@]2(O)[C@H]1[C@@H]1CC[C@@]2(C)OC1(C)C. The molecule has 0 unspecified atom stereocenters. The lowest BCUT2D eigenvalue weighted by Crippen LogP contribution is -2.74. The van der Waals surface area contributed by atoms with E-state index in [1.165, 1.54) is 12.8 Å². The lowest BCUT2D eigenvalue weighted by molar-refractivity contribution is -0.354. The van der Waals surface area contributed by atoms with Crippen LogP contribution in [0.4, 0.5) is 0 Å². The van der Waals surface area contributed by atoms with Crippen molar-refractivity contribution in [2.45, 2.75) is 76.6 Å². The quantitative estimate of drug-likeness (QED) is 0.702. The van der Waals surface area contributed by atoms with Crippen LogP contribution in [-0.2, 0) is 4.74 Å². The molecule has 0 radical (unpaired) electrons. The Morgan fingerprint density at radius 1 is 1.12 bits per heavy atom. The molecule has 2 saturated heterocycles. The van der Waals surface area contributed by atoms with Gasteiger partial charge in [0.15, 0.2) is 0 Å². The number of ether oxygens (including phenoxy) is 1. The van der Waals surface area contributed by atoms with Crippen molar-refractivity contribution in [3.8, 4) is 0 Å². The Morgan fingerprint density at radius 2 is 1.82 bits per heavy atom. The molecule has 2 heterocycles. The fourth-order valence-corrected chi connectivity index (χ4v) is 5.26. The Hall–Kier alpha value is -0.0800. The van der Waals surface area contributed by atoms with Gasteiger partial charge in [0.2, 0.25) is 0 Å². The highest BCUT2D eigenvalue weighted by Crippen LogP contribution is 2.62. The smallest absolute Gasteiger partial charge is 0.0967 e. The van der Waals surface area contributed by atoms with E-state index in [0.717, 1.165) is 19.3 Å². The van der Waals surface area contributed by atoms with Crippen molar-refractivity contribution in [3.63, 3.8) is 0 Å². The van der Waals surface area contributed by atoms with Crippen LogP contribution >= 0.6 is 0 Å². The minimum absolute atomic E-state index is 0.0600. The lowest BCUT2D eigenvalue weighted by atomic mass is 9.48. The van der Waals surface area contributed by atoms with Gasteiger partial charge in [0, 0.05) is 0 Å². The molecule has 0 amide bonds. The van der Waals surface area contributed by atoms with Crippen molar-refractivity contribution in [3.05, 3.63) is 0 Å². The Morgan fingerprint density at radius 3 is 2.47 bits per heavy atom. The first-order valence-electron chi connectivity index (χ1n) is 7.23. The van der Waals surface area contributed by atoms with Crippen molar-refractivity contribution >= 4 is 0 Å². The van der Waals surface area contributed by atoms with Gasteiger partial charge in [0.1, 0.15) is 0 Å². The maximum atomic E-state index is 11.2. The highest BCUT2D eigenvalue weighted by atomic mass is 16.5. The molecule has 0 aromatic carbocycles. The van der Waals surface area contributed by atoms with Gasteiger partial charge in [-0.25, -0.2) is 0 Å². The minimum Gasteiger partial charge on any atom is -0.387 e. The summed E-state index contributed by atoms with van der Waals surface area (Å²) >= 11 is 0. The van der Waals surface area contributed by atoms with E-state index < -0.39 is 5.60 Å². The van der Waals surface area contributed by atoms with Crippen LogP contribution in [-0.4, -0.2) is 21.9 Å². The molecule has 4 fully saturated rings. The van der Waals surface area contributed by atoms with E-state index in [0.29, 0.717) is 17.8 Å². The number of rotatable bonds is 0. The zero-order valence-corrected chi connectivity index (χ0v) is 11.6. The van der Waals surface area contributed by atoms with Crippen LogP contribution in [0.1, 0.15) is 59.8 Å². The zero-order valence-electron chi connectivity index (χ0n) is 11.6. The summed E-state index contributed by atoms with van der Waals surface area (Å²) in [5.41, 5.74) is -0.941. The van der Waals surface area contributed by atoms with Crippen LogP contribution in [0.25, 0.3) is 0 Å². The van der Waals surface area contributed by atoms with E-state index >= 15 is 0 Å². The standard InChI is InChI=1S/C15H26O2/c1-10-6-5-8-15(16)12(10)11-7-9-14(15,4)17-13(11,2)3/h10-12,16H,5-9H2,1-4H3/t10-,11-,12+,14+,15-/m0/s1. The summed E-state index contributed by atoms with van der Waals surface area (Å²) in [6, 6.07) is 0. The van der Waals surface area contributed by atoms with Gasteiger partial charge >= 0.3 is 0 Å². The second-order valence-electron chi connectivity index (χ2n) is 7.40. The van der Waals surface area contributed by atoms with Crippen molar-refractivity contribution < 1.29 is 9.84 Å². The van der Waals surface area contributed by atoms with E-state index in [4.69, 9.17) is 4.74 Å². The first kappa shape index (κ1) is 12.0. The third-order valence-electron chi connectivity index (χ3n) is 6.04. The molecular formula is C15H26O2. The second-order valence-corrected chi connectivity index (χ2v) is 7.40. The maximum Gasteiger partial charge on any atom is 0.0967 e. The Balaban J connectivity index is 2.08. The molecule has 0 aromatic heterocycles. The normalized spacial score (nSPS) is 56.6. The number of hydrogen-bond donors (Lipinski definition) is 1. The summed E-state index contributed by atoms with van der Waals surface area (Å²) in [6.45, 7) is 8.91. The molecule has 4 aliphatic rings. The minimum atomic E-state index is -0.566. The molecule has 17 heavy (non-hydrogen) atoms. The topological polar surface area (TPSA) is 29.5 Å². The Bertz CT molecular complexity index is 338. The first-order valence-corrected chi connectivity index (χ1v) is 7.23. The molecule has 5 atom stereocenters. The Labute approximate surface area is 105 Å². The molecule has 2 aliphatic heterocycles. The summed E-state index contributed by atoms with van der Waals surface area (Å²) in [6.07, 6.45) is 5.61. The van der Waals surface area contributed by atoms with Gasteiger partial charge in [-0.15, -0.1) is 0 Å². The highest BCUT2D eigenvalue weighted by molar-refractivity contribution is 5.17. The molecule has 2 bridgehead atoms. The average molecular weight is 238 g/mol. The van der Waals surface area contributed by atoms with Gasteiger partial charge in [-0.05, 0) is 57.8 Å². The number of aliphatic hydroxyl groups is 1. The lowest BCUT2D eigenvalue weighted by Gasteiger charge is -2.68. The van der Waals surface area contributed by atoms with E-state index in [9.17, 15) is 5.11 Å². The zero-order chi connectivity index (χ0) is 12.5. The molecule has 0 spiro atoms. The first-order chi connectivity index (χ1) is 7.80. The van der Waals surface area contributed by atoms with E-state index in [2.05, 4.69) is 27.7 Å². The van der Waals surface area contributed by atoms with Gasteiger partial charge in [-0.3, -0.25) is 0 Å². The molecule has 2 aliphatic carbocycles. The summed E-state index contributed by atoms with van der Waals surface area (Å²) in [7, 11) is 0. The van der Waals surface area contributed by atoms with Crippen LogP contribution in [0.3, 0.4) is 0 Å². The van der Waals surface area contributed by atoms with Gasteiger partial charge in [0.05, 0.1) is 16.8 Å². The van der Waals surface area contributed by atoms with Crippen LogP contribution in [0.2, 0.25) is 0 Å². The summed E-state index contributed by atoms with van der Waals surface area (Å²) in [5.74, 6) is 1.62. The van der Waals surface area contributed by atoms with Gasteiger partial charge in [0.25, 0.3) is 0 Å². The van der Waals surface area contributed by atoms with Gasteiger partial charge in [-0.2, -0.15) is 0 Å². The predicted molar refractivity (Wildman–Crippen MR) is 67.7 cm³/mol. The Kier molecular flexibility index (Phi) is 2.30. The molecule has 2 saturated carbocycles. The summed E-state index contributed by atoms with van der Waals surface area (Å²) in [4.78, 5) is 0. The van der Waals surface area contributed by atoms with Crippen molar-refractivity contribution in [2.24, 2.45) is 17.8 Å². The monoisotopic (exact) mass is 238 g/mol. The van der Waals surface area contributed by atoms with Crippen molar-refractivity contribution in [2.75, 3.05) is 0 Å². The van der Waals surface area contributed by atoms with E-state index in [1.807, 2.05) is 0 Å². The summed E-state index contributed by atoms with van der Waals surface area (Å²) < 4.78 is 6.33. The second kappa shape index (κ2) is 3.27. The molecular weight excluding hydrogens is 212 g/mol. The molecule has 2 heteroatoms. The average Bonchev–Trinajstić information content (AvgIpc) is 2.18. The number of fused-ring (bicyclic) bond motifs is 2. The van der Waals surface area contributed by atoms with Gasteiger partial charge < -0.3 is 9.84 Å². The van der Waals surface area contributed by atoms with E-state index in [1.54, 1.807) is 0 Å². The molecule has 2 nitrogen and oxygen atoms in total. The fourth-order valence-electron chi connectivity index (χ4n) is 5.26. The van der Waals surface area contributed by atoms with Crippen molar-refractivity contribution in [1.82, 2.24) is 0 Å². The maximum absolute atomic E-state index is 11.2. The molecule has 0 aromatic rings. The summed E-state index contributed by atoms with van der Waals surface area (Å²) in [5, 5.41) is 11.2. The van der Waals surface area contributed by atoms with E-state index in [-0.39, 0.29) is 11.2 Å². The third kappa shape index (κ3) is 1.34. The van der Waals surface area contributed by atoms with Gasteiger partial charge in [-0.1, -0.05) is 19.8 Å². The van der Waals surface area contributed by atoms with Crippen LogP contribution in [0.5, 0.6) is 0 Å². The number of hydrogen-bond acceptors (Lipinski definition) is 2. The largest absolute Gasteiger partial charge is 0.387 e. The van der Waals surface area contributed by atoms with Crippen LogP contribution < -0.4 is 0 Å². The van der Waals surface area contributed by atoms with Crippen LogP contribution in [0.15, 0.2) is 0 Å². The third-order valence-corrected chi connectivity index (χ3v) is 6.04. The molecule has 1 N–H and O–H groups in total. The van der Waals surface area contributed by atoms with Crippen LogP contribution in [0, 0.1) is 17.8 Å². The predicted octanol–water partition coefficient (Wildman–Crippen LogP) is 3.13.